The number of morpholine rings is 1. The van der Waals surface area contributed by atoms with Crippen molar-refractivity contribution < 1.29 is 23.6 Å². The predicted molar refractivity (Wildman–Crippen MR) is 127 cm³/mol. The van der Waals surface area contributed by atoms with Crippen LogP contribution in [0.2, 0.25) is 0 Å². The maximum atomic E-state index is 12.6. The molecule has 178 valence electrons. The van der Waals surface area contributed by atoms with Crippen molar-refractivity contribution in [2.45, 2.75) is 20.5 Å². The molecule has 0 atom stereocenters. The number of hydrogen-bond donors (Lipinski definition) is 2. The Balaban J connectivity index is 1.26. The first-order valence-corrected chi connectivity index (χ1v) is 11.1. The van der Waals surface area contributed by atoms with Crippen molar-refractivity contribution in [1.29, 1.82) is 0 Å². The average molecular weight is 465 g/mol. The molecule has 2 N–H and O–H groups in total. The maximum absolute atomic E-state index is 12.6. The summed E-state index contributed by atoms with van der Waals surface area (Å²) in [5.74, 6) is 1.07. The molecule has 2 amide bonds. The Hall–Kier alpha value is -3.69. The number of aryl methyl sites for hydroxylation is 2. The second-order valence-electron chi connectivity index (χ2n) is 8.08. The Morgan fingerprint density at radius 1 is 0.971 bits per heavy atom. The summed E-state index contributed by atoms with van der Waals surface area (Å²) in [5.41, 5.74) is 3.54. The molecule has 34 heavy (non-hydrogen) atoms. The highest BCUT2D eigenvalue weighted by molar-refractivity contribution is 6.04. The molecule has 3 aromatic rings. The Morgan fingerprint density at radius 3 is 2.24 bits per heavy atom. The fourth-order valence-corrected chi connectivity index (χ4v) is 3.57. The van der Waals surface area contributed by atoms with Gasteiger partial charge in [-0.3, -0.25) is 14.5 Å². The summed E-state index contributed by atoms with van der Waals surface area (Å²) in [6.45, 7) is 7.22. The lowest BCUT2D eigenvalue weighted by Crippen LogP contribution is -2.41. The van der Waals surface area contributed by atoms with Gasteiger partial charge in [-0.2, -0.15) is 0 Å². The van der Waals surface area contributed by atoms with E-state index in [4.69, 9.17) is 14.0 Å². The molecule has 0 unspecified atom stereocenters. The number of rotatable bonds is 8. The van der Waals surface area contributed by atoms with Crippen molar-refractivity contribution in [3.05, 3.63) is 71.1 Å². The van der Waals surface area contributed by atoms with Gasteiger partial charge in [0.2, 0.25) is 5.91 Å². The highest BCUT2D eigenvalue weighted by Gasteiger charge is 2.14. The van der Waals surface area contributed by atoms with Crippen LogP contribution in [0, 0.1) is 13.8 Å². The van der Waals surface area contributed by atoms with Crippen LogP contribution in [-0.4, -0.2) is 54.7 Å². The lowest BCUT2D eigenvalue weighted by Gasteiger charge is -2.25. The van der Waals surface area contributed by atoms with Crippen LogP contribution in [-0.2, 0) is 16.1 Å². The minimum atomic E-state index is -0.235. The van der Waals surface area contributed by atoms with Crippen molar-refractivity contribution in [1.82, 2.24) is 10.1 Å². The smallest absolute Gasteiger partial charge is 0.255 e. The van der Waals surface area contributed by atoms with Gasteiger partial charge < -0.3 is 24.6 Å². The molecule has 0 spiro atoms. The number of anilines is 2. The van der Waals surface area contributed by atoms with Crippen molar-refractivity contribution in [2.75, 3.05) is 43.5 Å². The lowest BCUT2D eigenvalue weighted by atomic mass is 10.2. The van der Waals surface area contributed by atoms with Crippen LogP contribution >= 0.6 is 0 Å². The van der Waals surface area contributed by atoms with E-state index in [1.165, 1.54) is 0 Å². The number of nitrogens with zero attached hydrogens (tertiary/aromatic N) is 2. The van der Waals surface area contributed by atoms with Gasteiger partial charge in [-0.05, 0) is 62.4 Å². The molecule has 1 saturated heterocycles. The SMILES string of the molecule is Cc1noc(C)c1COc1ccc(C(=O)Nc2ccc(NC(=O)CN3CCOCC3)cc2)cc1. The van der Waals surface area contributed by atoms with E-state index >= 15 is 0 Å². The van der Waals surface area contributed by atoms with Gasteiger partial charge in [0, 0.05) is 30.0 Å². The van der Waals surface area contributed by atoms with Crippen LogP contribution in [0.4, 0.5) is 11.4 Å². The third-order valence-electron chi connectivity index (χ3n) is 5.58. The number of benzene rings is 2. The molecule has 2 heterocycles. The number of carbonyl (C=O) groups excluding carboxylic acids is 2. The van der Waals surface area contributed by atoms with Crippen molar-refractivity contribution in [3.8, 4) is 5.75 Å². The molecule has 0 bridgehead atoms. The summed E-state index contributed by atoms with van der Waals surface area (Å²) in [4.78, 5) is 26.9. The van der Waals surface area contributed by atoms with Gasteiger partial charge >= 0.3 is 0 Å². The van der Waals surface area contributed by atoms with E-state index < -0.39 is 0 Å². The van der Waals surface area contributed by atoms with E-state index in [9.17, 15) is 9.59 Å². The van der Waals surface area contributed by atoms with Crippen molar-refractivity contribution in [2.24, 2.45) is 0 Å². The number of amides is 2. The summed E-state index contributed by atoms with van der Waals surface area (Å²) < 4.78 is 16.2. The third kappa shape index (κ3) is 6.21. The molecule has 2 aromatic carbocycles. The van der Waals surface area contributed by atoms with Crippen LogP contribution in [0.5, 0.6) is 5.75 Å². The Morgan fingerprint density at radius 2 is 1.62 bits per heavy atom. The summed E-state index contributed by atoms with van der Waals surface area (Å²) in [7, 11) is 0. The normalized spacial score (nSPS) is 13.9. The summed E-state index contributed by atoms with van der Waals surface area (Å²) in [6, 6.07) is 13.9. The van der Waals surface area contributed by atoms with E-state index in [1.54, 1.807) is 48.5 Å². The molecule has 1 aromatic heterocycles. The van der Waals surface area contributed by atoms with Crippen LogP contribution in [0.1, 0.15) is 27.4 Å². The monoisotopic (exact) mass is 464 g/mol. The van der Waals surface area contributed by atoms with Gasteiger partial charge in [0.15, 0.2) is 0 Å². The molecule has 1 fully saturated rings. The fraction of sp³-hybridized carbons (Fsp3) is 0.320. The van der Waals surface area contributed by atoms with Gasteiger partial charge in [-0.15, -0.1) is 0 Å². The van der Waals surface area contributed by atoms with E-state index in [1.807, 2.05) is 13.8 Å². The molecule has 1 aliphatic rings. The number of carbonyl (C=O) groups is 2. The second-order valence-corrected chi connectivity index (χ2v) is 8.08. The molecule has 9 heteroatoms. The molecule has 0 saturated carbocycles. The Kier molecular flexibility index (Phi) is 7.56. The maximum Gasteiger partial charge on any atom is 0.255 e. The van der Waals surface area contributed by atoms with Gasteiger partial charge in [0.25, 0.3) is 5.91 Å². The first kappa shape index (κ1) is 23.5. The van der Waals surface area contributed by atoms with Crippen molar-refractivity contribution >= 4 is 23.2 Å². The molecule has 0 aliphatic carbocycles. The zero-order chi connectivity index (χ0) is 23.9. The zero-order valence-electron chi connectivity index (χ0n) is 19.3. The predicted octanol–water partition coefficient (Wildman–Crippen LogP) is 3.39. The fourth-order valence-electron chi connectivity index (χ4n) is 3.57. The van der Waals surface area contributed by atoms with Crippen molar-refractivity contribution in [3.63, 3.8) is 0 Å². The first-order chi connectivity index (χ1) is 16.5. The van der Waals surface area contributed by atoms with Gasteiger partial charge in [0.05, 0.1) is 31.0 Å². The number of hydrogen-bond acceptors (Lipinski definition) is 7. The second kappa shape index (κ2) is 11.0. The van der Waals surface area contributed by atoms with Crippen LogP contribution in [0.3, 0.4) is 0 Å². The third-order valence-corrected chi connectivity index (χ3v) is 5.58. The average Bonchev–Trinajstić information content (AvgIpc) is 3.17. The molecule has 4 rings (SSSR count). The van der Waals surface area contributed by atoms with Crippen LogP contribution in [0.15, 0.2) is 53.1 Å². The minimum absolute atomic E-state index is 0.0738. The van der Waals surface area contributed by atoms with E-state index in [0.717, 1.165) is 30.1 Å². The van der Waals surface area contributed by atoms with Gasteiger partial charge in [0.1, 0.15) is 18.1 Å². The van der Waals surface area contributed by atoms with Crippen LogP contribution < -0.4 is 15.4 Å². The first-order valence-electron chi connectivity index (χ1n) is 11.1. The van der Waals surface area contributed by atoms with E-state index in [0.29, 0.717) is 49.1 Å². The van der Waals surface area contributed by atoms with Gasteiger partial charge in [-0.1, -0.05) is 5.16 Å². The van der Waals surface area contributed by atoms with Crippen LogP contribution in [0.25, 0.3) is 0 Å². The quantitative estimate of drug-likeness (QED) is 0.526. The molecular weight excluding hydrogens is 436 g/mol. The largest absolute Gasteiger partial charge is 0.489 e. The molecule has 0 radical (unpaired) electrons. The highest BCUT2D eigenvalue weighted by atomic mass is 16.5. The minimum Gasteiger partial charge on any atom is -0.489 e. The van der Waals surface area contributed by atoms with E-state index in [-0.39, 0.29) is 11.8 Å². The number of ether oxygens (including phenoxy) is 2. The Labute approximate surface area is 198 Å². The lowest BCUT2D eigenvalue weighted by molar-refractivity contribution is -0.118. The molecular formula is C25H28N4O5. The summed E-state index contributed by atoms with van der Waals surface area (Å²) in [5, 5.41) is 9.65. The topological polar surface area (TPSA) is 106 Å². The zero-order valence-corrected chi connectivity index (χ0v) is 19.3. The summed E-state index contributed by atoms with van der Waals surface area (Å²) in [6.07, 6.45) is 0. The standard InChI is InChI=1S/C25H28N4O5/c1-17-23(18(2)34-28-17)16-33-22-9-3-19(4-10-22)25(31)27-21-7-5-20(6-8-21)26-24(30)15-29-11-13-32-14-12-29/h3-10H,11-16H2,1-2H3,(H,26,30)(H,27,31). The van der Waals surface area contributed by atoms with E-state index in [2.05, 4.69) is 20.7 Å². The number of aromatic nitrogens is 1. The van der Waals surface area contributed by atoms with Gasteiger partial charge in [-0.25, -0.2) is 0 Å². The molecule has 1 aliphatic heterocycles. The highest BCUT2D eigenvalue weighted by Crippen LogP contribution is 2.19. The Bertz CT molecular complexity index is 1100. The number of nitrogens with one attached hydrogen (secondary N) is 2. The summed E-state index contributed by atoms with van der Waals surface area (Å²) >= 11 is 0. The molecule has 9 nitrogen and oxygen atoms in total.